The van der Waals surface area contributed by atoms with Gasteiger partial charge < -0.3 is 15.5 Å². The van der Waals surface area contributed by atoms with Crippen LogP contribution in [-0.2, 0) is 9.59 Å². The third kappa shape index (κ3) is 2.90. The molecule has 5 nitrogen and oxygen atoms in total. The van der Waals surface area contributed by atoms with Crippen molar-refractivity contribution in [1.82, 2.24) is 5.32 Å². The van der Waals surface area contributed by atoms with Crippen molar-refractivity contribution in [3.8, 4) is 0 Å². The number of nitrogens with zero attached hydrogens (tertiary/aromatic N) is 1. The number of fused-ring (bicyclic) bond motifs is 1. The fourth-order valence-electron chi connectivity index (χ4n) is 3.74. The Morgan fingerprint density at radius 1 is 1.33 bits per heavy atom. The Morgan fingerprint density at radius 3 is 2.75 bits per heavy atom. The van der Waals surface area contributed by atoms with Gasteiger partial charge in [-0.3, -0.25) is 9.59 Å². The Labute approximate surface area is 143 Å². The number of hydrogen-bond acceptors (Lipinski definition) is 4. The minimum atomic E-state index is -0.142. The van der Waals surface area contributed by atoms with Crippen molar-refractivity contribution in [3.63, 3.8) is 0 Å². The van der Waals surface area contributed by atoms with Crippen LogP contribution in [0.25, 0.3) is 0 Å². The molecule has 1 aliphatic heterocycles. The molecule has 0 fully saturated rings. The van der Waals surface area contributed by atoms with Gasteiger partial charge in [-0.1, -0.05) is 26.0 Å². The van der Waals surface area contributed by atoms with E-state index in [1.165, 1.54) is 0 Å². The number of likely N-dealkylation sites (N-methyl/N-ethyl adjacent to an activating group) is 1. The molecule has 1 aromatic carbocycles. The van der Waals surface area contributed by atoms with Crippen LogP contribution in [-0.4, -0.2) is 31.3 Å². The first-order chi connectivity index (χ1) is 11.3. The van der Waals surface area contributed by atoms with E-state index in [0.717, 1.165) is 29.1 Å². The van der Waals surface area contributed by atoms with Gasteiger partial charge in [0.1, 0.15) is 0 Å². The molecular weight excluding hydrogens is 302 g/mol. The molecule has 2 aliphatic rings. The Balaban J connectivity index is 2.10. The minimum absolute atomic E-state index is 0.0481. The summed E-state index contributed by atoms with van der Waals surface area (Å²) < 4.78 is 0. The Hall–Kier alpha value is -2.30. The van der Waals surface area contributed by atoms with E-state index in [4.69, 9.17) is 0 Å². The van der Waals surface area contributed by atoms with E-state index in [1.54, 1.807) is 7.05 Å². The number of carbonyl (C=O) groups excluding carboxylic acids is 2. The van der Waals surface area contributed by atoms with Gasteiger partial charge in [-0.05, 0) is 30.9 Å². The van der Waals surface area contributed by atoms with Gasteiger partial charge in [0.05, 0.1) is 24.0 Å². The smallest absolute Gasteiger partial charge is 0.239 e. The van der Waals surface area contributed by atoms with Crippen molar-refractivity contribution in [2.45, 2.75) is 39.7 Å². The largest absolute Gasteiger partial charge is 0.358 e. The summed E-state index contributed by atoms with van der Waals surface area (Å²) in [7, 11) is 1.63. The molecular formula is C19H25N3O2. The summed E-state index contributed by atoms with van der Waals surface area (Å²) >= 11 is 0. The fourth-order valence-corrected chi connectivity index (χ4v) is 3.74. The lowest BCUT2D eigenvalue weighted by Crippen LogP contribution is -2.44. The maximum atomic E-state index is 12.8. The lowest BCUT2D eigenvalue weighted by Gasteiger charge is -2.35. The zero-order valence-electron chi connectivity index (χ0n) is 14.8. The number of carbonyl (C=O) groups is 2. The minimum Gasteiger partial charge on any atom is -0.358 e. The summed E-state index contributed by atoms with van der Waals surface area (Å²) in [5, 5.41) is 6.16. The van der Waals surface area contributed by atoms with Gasteiger partial charge in [0.2, 0.25) is 5.91 Å². The second-order valence-corrected chi connectivity index (χ2v) is 7.45. The summed E-state index contributed by atoms with van der Waals surface area (Å²) in [5.74, 6) is 0.111. The molecule has 128 valence electrons. The van der Waals surface area contributed by atoms with Crippen molar-refractivity contribution >= 4 is 23.1 Å². The number of benzene rings is 1. The van der Waals surface area contributed by atoms with Crippen molar-refractivity contribution in [3.05, 3.63) is 35.5 Å². The van der Waals surface area contributed by atoms with Crippen molar-refractivity contribution in [2.24, 2.45) is 5.41 Å². The summed E-state index contributed by atoms with van der Waals surface area (Å²) in [6.07, 6.45) is 1.38. The van der Waals surface area contributed by atoms with Gasteiger partial charge in [-0.15, -0.1) is 0 Å². The standard InChI is InChI=1S/C19H25N3O2/c1-12-18-14(9-19(2,3)10-16(18)23)21-13-7-5-6-8-15(13)22(12)11-17(24)20-4/h5-8,12,21H,9-11H2,1-4H3,(H,20,24)/t12-/m0/s1. The number of nitrogens with one attached hydrogen (secondary N) is 2. The van der Waals surface area contributed by atoms with Gasteiger partial charge in [-0.2, -0.15) is 0 Å². The number of Topliss-reactive ketones (excluding diaryl/α,β-unsaturated/α-hetero) is 1. The normalized spacial score (nSPS) is 22.2. The average molecular weight is 327 g/mol. The third-order valence-corrected chi connectivity index (χ3v) is 4.90. The highest BCUT2D eigenvalue weighted by Gasteiger charge is 2.39. The van der Waals surface area contributed by atoms with E-state index < -0.39 is 0 Å². The Bertz CT molecular complexity index is 721. The number of amides is 1. The van der Waals surface area contributed by atoms with E-state index >= 15 is 0 Å². The second-order valence-electron chi connectivity index (χ2n) is 7.45. The van der Waals surface area contributed by atoms with E-state index in [-0.39, 0.29) is 29.7 Å². The predicted octanol–water partition coefficient (Wildman–Crippen LogP) is 2.70. The van der Waals surface area contributed by atoms with Crippen LogP contribution in [0.5, 0.6) is 0 Å². The molecule has 0 aromatic heterocycles. The molecule has 2 N–H and O–H groups in total. The van der Waals surface area contributed by atoms with E-state index in [1.807, 2.05) is 36.1 Å². The maximum Gasteiger partial charge on any atom is 0.239 e. The predicted molar refractivity (Wildman–Crippen MR) is 96.0 cm³/mol. The number of ketones is 1. The molecule has 1 amide bonds. The van der Waals surface area contributed by atoms with Crippen LogP contribution >= 0.6 is 0 Å². The van der Waals surface area contributed by atoms with Crippen LogP contribution in [0.2, 0.25) is 0 Å². The second kappa shape index (κ2) is 5.96. The Morgan fingerprint density at radius 2 is 2.04 bits per heavy atom. The van der Waals surface area contributed by atoms with Crippen molar-refractivity contribution < 1.29 is 9.59 Å². The van der Waals surface area contributed by atoms with Gasteiger partial charge >= 0.3 is 0 Å². The van der Waals surface area contributed by atoms with Crippen molar-refractivity contribution in [2.75, 3.05) is 23.8 Å². The molecule has 0 saturated carbocycles. The van der Waals surface area contributed by atoms with Gasteiger partial charge in [-0.25, -0.2) is 0 Å². The van der Waals surface area contributed by atoms with Crippen molar-refractivity contribution in [1.29, 1.82) is 0 Å². The molecule has 1 aromatic rings. The molecule has 5 heteroatoms. The SMILES string of the molecule is CNC(=O)CN1c2ccccc2NC2=C(C(=O)CC(C)(C)C2)[C@@H]1C. The molecule has 0 radical (unpaired) electrons. The molecule has 0 saturated heterocycles. The maximum absolute atomic E-state index is 12.8. The molecule has 0 bridgehead atoms. The van der Waals surface area contributed by atoms with E-state index in [2.05, 4.69) is 24.5 Å². The number of para-hydroxylation sites is 2. The van der Waals surface area contributed by atoms with Gasteiger partial charge in [0.15, 0.2) is 5.78 Å². The number of allylic oxidation sites excluding steroid dienone is 1. The first-order valence-corrected chi connectivity index (χ1v) is 8.42. The quantitative estimate of drug-likeness (QED) is 0.877. The lowest BCUT2D eigenvalue weighted by molar-refractivity contribution is -0.120. The summed E-state index contributed by atoms with van der Waals surface area (Å²) in [5.41, 5.74) is 3.66. The van der Waals surface area contributed by atoms with E-state index in [0.29, 0.717) is 6.42 Å². The monoisotopic (exact) mass is 327 g/mol. The van der Waals surface area contributed by atoms with Crippen LogP contribution < -0.4 is 15.5 Å². The zero-order valence-corrected chi connectivity index (χ0v) is 14.8. The van der Waals surface area contributed by atoms with Gasteiger partial charge in [0.25, 0.3) is 0 Å². The molecule has 0 unspecified atom stereocenters. The van der Waals surface area contributed by atoms with Crippen LogP contribution in [0, 0.1) is 5.41 Å². The third-order valence-electron chi connectivity index (χ3n) is 4.90. The van der Waals surface area contributed by atoms with E-state index in [9.17, 15) is 9.59 Å². The molecule has 0 spiro atoms. The molecule has 1 atom stereocenters. The highest BCUT2D eigenvalue weighted by Crippen LogP contribution is 2.43. The average Bonchev–Trinajstić information content (AvgIpc) is 2.61. The summed E-state index contributed by atoms with van der Waals surface area (Å²) in [4.78, 5) is 26.9. The zero-order chi connectivity index (χ0) is 17.5. The molecule has 1 aliphatic carbocycles. The first-order valence-electron chi connectivity index (χ1n) is 8.42. The highest BCUT2D eigenvalue weighted by atomic mass is 16.2. The van der Waals surface area contributed by atoms with Crippen LogP contribution in [0.15, 0.2) is 35.5 Å². The lowest BCUT2D eigenvalue weighted by atomic mass is 9.74. The van der Waals surface area contributed by atoms with Gasteiger partial charge in [0, 0.05) is 24.7 Å². The number of rotatable bonds is 2. The Kier molecular flexibility index (Phi) is 4.11. The number of hydrogen-bond donors (Lipinski definition) is 2. The topological polar surface area (TPSA) is 61.4 Å². The molecule has 1 heterocycles. The number of anilines is 2. The van der Waals surface area contributed by atoms with Crippen LogP contribution in [0.4, 0.5) is 11.4 Å². The highest BCUT2D eigenvalue weighted by molar-refractivity contribution is 6.01. The van der Waals surface area contributed by atoms with Crippen LogP contribution in [0.1, 0.15) is 33.6 Å². The summed E-state index contributed by atoms with van der Waals surface area (Å²) in [6, 6.07) is 7.78. The fraction of sp³-hybridized carbons (Fsp3) is 0.474. The first kappa shape index (κ1) is 16.6. The van der Waals surface area contributed by atoms with Crippen LogP contribution in [0.3, 0.4) is 0 Å². The summed E-state index contributed by atoms with van der Waals surface area (Å²) in [6.45, 7) is 6.49. The molecule has 24 heavy (non-hydrogen) atoms. The molecule has 3 rings (SSSR count).